The molecule has 18 heavy (non-hydrogen) atoms. The number of nitrogens with zero attached hydrogens (tertiary/aromatic N) is 1. The van der Waals surface area contributed by atoms with Crippen LogP contribution in [0.15, 0.2) is 29.6 Å². The predicted molar refractivity (Wildman–Crippen MR) is 78.0 cm³/mol. The van der Waals surface area contributed by atoms with Crippen molar-refractivity contribution < 1.29 is 0 Å². The van der Waals surface area contributed by atoms with Crippen molar-refractivity contribution in [1.29, 1.82) is 0 Å². The molecule has 0 aliphatic carbocycles. The van der Waals surface area contributed by atoms with Crippen LogP contribution in [0.5, 0.6) is 0 Å². The fourth-order valence-corrected chi connectivity index (χ4v) is 2.80. The van der Waals surface area contributed by atoms with Gasteiger partial charge in [-0.15, -0.1) is 11.3 Å². The van der Waals surface area contributed by atoms with E-state index in [1.165, 1.54) is 11.1 Å². The van der Waals surface area contributed by atoms with Crippen LogP contribution in [0.2, 0.25) is 0 Å². The molecule has 0 aliphatic rings. The molecule has 96 valence electrons. The molecular formula is C15H20N2S. The maximum Gasteiger partial charge on any atom is 0.0943 e. The molecule has 0 fully saturated rings. The molecule has 1 heterocycles. The van der Waals surface area contributed by atoms with Crippen LogP contribution in [0.1, 0.15) is 28.2 Å². The standard InChI is InChI=1S/C15H20N2S/c1-11-3-5-13(6-4-11)7-8-14(16)9-15-17-12(2)10-18-15/h3-6,10,14H,7-9,16H2,1-2H3. The molecule has 1 atom stereocenters. The lowest BCUT2D eigenvalue weighted by Crippen LogP contribution is -2.23. The van der Waals surface area contributed by atoms with Crippen molar-refractivity contribution in [3.63, 3.8) is 0 Å². The molecule has 2 N–H and O–H groups in total. The molecule has 2 rings (SSSR count). The number of hydrogen-bond acceptors (Lipinski definition) is 3. The van der Waals surface area contributed by atoms with Crippen molar-refractivity contribution in [3.8, 4) is 0 Å². The Balaban J connectivity index is 1.81. The van der Waals surface area contributed by atoms with Gasteiger partial charge >= 0.3 is 0 Å². The predicted octanol–water partition coefficient (Wildman–Crippen LogP) is 3.26. The van der Waals surface area contributed by atoms with Crippen LogP contribution in [-0.4, -0.2) is 11.0 Å². The summed E-state index contributed by atoms with van der Waals surface area (Å²) in [7, 11) is 0. The largest absolute Gasteiger partial charge is 0.327 e. The zero-order chi connectivity index (χ0) is 13.0. The quantitative estimate of drug-likeness (QED) is 0.896. The van der Waals surface area contributed by atoms with E-state index in [0.717, 1.165) is 30.0 Å². The van der Waals surface area contributed by atoms with Gasteiger partial charge in [-0.2, -0.15) is 0 Å². The lowest BCUT2D eigenvalue weighted by molar-refractivity contribution is 0.608. The molecule has 1 aromatic heterocycles. The van der Waals surface area contributed by atoms with E-state index in [1.807, 2.05) is 6.92 Å². The van der Waals surface area contributed by atoms with Crippen molar-refractivity contribution in [3.05, 3.63) is 51.5 Å². The summed E-state index contributed by atoms with van der Waals surface area (Å²) in [5, 5.41) is 3.24. The summed E-state index contributed by atoms with van der Waals surface area (Å²) < 4.78 is 0. The van der Waals surface area contributed by atoms with Gasteiger partial charge in [-0.25, -0.2) is 4.98 Å². The second-order valence-electron chi connectivity index (χ2n) is 4.87. The molecule has 0 bridgehead atoms. The molecule has 0 spiro atoms. The van der Waals surface area contributed by atoms with E-state index in [-0.39, 0.29) is 6.04 Å². The zero-order valence-corrected chi connectivity index (χ0v) is 11.8. The number of nitrogens with two attached hydrogens (primary N) is 1. The van der Waals surface area contributed by atoms with E-state index >= 15 is 0 Å². The van der Waals surface area contributed by atoms with E-state index < -0.39 is 0 Å². The summed E-state index contributed by atoms with van der Waals surface area (Å²) in [5.41, 5.74) is 9.93. The number of aryl methyl sites for hydroxylation is 3. The van der Waals surface area contributed by atoms with Crippen molar-refractivity contribution >= 4 is 11.3 Å². The number of hydrogen-bond donors (Lipinski definition) is 1. The fourth-order valence-electron chi connectivity index (χ4n) is 1.93. The molecular weight excluding hydrogens is 240 g/mol. The lowest BCUT2D eigenvalue weighted by Gasteiger charge is -2.09. The highest BCUT2D eigenvalue weighted by molar-refractivity contribution is 7.09. The number of aromatic nitrogens is 1. The number of benzene rings is 1. The third-order valence-corrected chi connectivity index (χ3v) is 4.02. The highest BCUT2D eigenvalue weighted by Crippen LogP contribution is 2.13. The summed E-state index contributed by atoms with van der Waals surface area (Å²) >= 11 is 1.71. The molecule has 1 aromatic carbocycles. The van der Waals surface area contributed by atoms with Crippen LogP contribution in [0.25, 0.3) is 0 Å². The lowest BCUT2D eigenvalue weighted by atomic mass is 10.0. The fraction of sp³-hybridized carbons (Fsp3) is 0.400. The summed E-state index contributed by atoms with van der Waals surface area (Å²) in [6.07, 6.45) is 2.96. The van der Waals surface area contributed by atoms with E-state index in [2.05, 4.69) is 41.6 Å². The maximum absolute atomic E-state index is 6.16. The molecule has 2 nitrogen and oxygen atoms in total. The van der Waals surface area contributed by atoms with Crippen LogP contribution in [0.3, 0.4) is 0 Å². The van der Waals surface area contributed by atoms with Crippen LogP contribution < -0.4 is 5.73 Å². The van der Waals surface area contributed by atoms with Gasteiger partial charge in [-0.1, -0.05) is 29.8 Å². The van der Waals surface area contributed by atoms with Crippen molar-refractivity contribution in [1.82, 2.24) is 4.98 Å². The Hall–Kier alpha value is -1.19. The maximum atomic E-state index is 6.16. The third-order valence-electron chi connectivity index (χ3n) is 3.03. The smallest absolute Gasteiger partial charge is 0.0943 e. The minimum atomic E-state index is 0.205. The first-order chi connectivity index (χ1) is 8.63. The van der Waals surface area contributed by atoms with Gasteiger partial charge in [0.05, 0.1) is 5.01 Å². The van der Waals surface area contributed by atoms with Crippen LogP contribution in [0, 0.1) is 13.8 Å². The molecule has 0 saturated carbocycles. The minimum absolute atomic E-state index is 0.205. The minimum Gasteiger partial charge on any atom is -0.327 e. The second-order valence-corrected chi connectivity index (χ2v) is 5.81. The Labute approximate surface area is 113 Å². The molecule has 0 saturated heterocycles. The average Bonchev–Trinajstić information content (AvgIpc) is 2.74. The topological polar surface area (TPSA) is 38.9 Å². The van der Waals surface area contributed by atoms with Crippen LogP contribution >= 0.6 is 11.3 Å². The SMILES string of the molecule is Cc1ccc(CCC(N)Cc2nc(C)cs2)cc1. The van der Waals surface area contributed by atoms with E-state index in [1.54, 1.807) is 11.3 Å². The first-order valence-electron chi connectivity index (χ1n) is 6.35. The number of thiazole rings is 1. The van der Waals surface area contributed by atoms with Crippen molar-refractivity contribution in [2.24, 2.45) is 5.73 Å². The van der Waals surface area contributed by atoms with Gasteiger partial charge in [0.25, 0.3) is 0 Å². The number of rotatable bonds is 5. The average molecular weight is 260 g/mol. The van der Waals surface area contributed by atoms with Gasteiger partial charge in [0, 0.05) is 23.5 Å². The summed E-state index contributed by atoms with van der Waals surface area (Å²) in [6.45, 7) is 4.14. The van der Waals surface area contributed by atoms with E-state index in [0.29, 0.717) is 0 Å². The molecule has 2 aromatic rings. The molecule has 1 unspecified atom stereocenters. The first-order valence-corrected chi connectivity index (χ1v) is 7.23. The molecule has 3 heteroatoms. The Morgan fingerprint density at radius 3 is 2.56 bits per heavy atom. The normalized spacial score (nSPS) is 12.6. The van der Waals surface area contributed by atoms with Crippen LogP contribution in [0.4, 0.5) is 0 Å². The monoisotopic (exact) mass is 260 g/mol. The van der Waals surface area contributed by atoms with Crippen LogP contribution in [-0.2, 0) is 12.8 Å². The summed E-state index contributed by atoms with van der Waals surface area (Å²) in [6, 6.07) is 8.90. The Bertz CT molecular complexity index is 487. The van der Waals surface area contributed by atoms with Crippen molar-refractivity contribution in [2.45, 2.75) is 39.2 Å². The summed E-state index contributed by atoms with van der Waals surface area (Å²) in [5.74, 6) is 0. The van der Waals surface area contributed by atoms with Gasteiger partial charge in [0.1, 0.15) is 0 Å². The highest BCUT2D eigenvalue weighted by atomic mass is 32.1. The van der Waals surface area contributed by atoms with Gasteiger partial charge in [-0.05, 0) is 32.3 Å². The van der Waals surface area contributed by atoms with E-state index in [4.69, 9.17) is 5.73 Å². The molecule has 0 amide bonds. The summed E-state index contributed by atoms with van der Waals surface area (Å²) in [4.78, 5) is 4.46. The Morgan fingerprint density at radius 2 is 1.94 bits per heavy atom. The van der Waals surface area contributed by atoms with Gasteiger partial charge in [-0.3, -0.25) is 0 Å². The van der Waals surface area contributed by atoms with Gasteiger partial charge < -0.3 is 5.73 Å². The third kappa shape index (κ3) is 3.93. The zero-order valence-electron chi connectivity index (χ0n) is 11.0. The Morgan fingerprint density at radius 1 is 1.22 bits per heavy atom. The molecule has 0 aliphatic heterocycles. The van der Waals surface area contributed by atoms with E-state index in [9.17, 15) is 0 Å². The first kappa shape index (κ1) is 13.2. The second kappa shape index (κ2) is 6.12. The van der Waals surface area contributed by atoms with Gasteiger partial charge in [0.2, 0.25) is 0 Å². The Kier molecular flexibility index (Phi) is 4.50. The van der Waals surface area contributed by atoms with Gasteiger partial charge in [0.15, 0.2) is 0 Å². The van der Waals surface area contributed by atoms with Crippen molar-refractivity contribution in [2.75, 3.05) is 0 Å². The molecule has 0 radical (unpaired) electrons. The highest BCUT2D eigenvalue weighted by Gasteiger charge is 2.07.